The van der Waals surface area contributed by atoms with E-state index in [0.717, 1.165) is 24.7 Å². The Labute approximate surface area is 125 Å². The molecule has 0 radical (unpaired) electrons. The molecule has 2 aromatic rings. The van der Waals surface area contributed by atoms with E-state index in [1.54, 1.807) is 7.11 Å². The number of benzene rings is 1. The molecule has 112 valence electrons. The van der Waals surface area contributed by atoms with Crippen molar-refractivity contribution in [1.82, 2.24) is 9.97 Å². The fourth-order valence-corrected chi connectivity index (χ4v) is 2.05. The fourth-order valence-electron chi connectivity index (χ4n) is 2.05. The summed E-state index contributed by atoms with van der Waals surface area (Å²) in [7, 11) is 1.64. The van der Waals surface area contributed by atoms with Crippen LogP contribution >= 0.6 is 0 Å². The molecule has 0 aliphatic rings. The third-order valence-corrected chi connectivity index (χ3v) is 3.12. The predicted molar refractivity (Wildman–Crippen MR) is 85.4 cm³/mol. The van der Waals surface area contributed by atoms with Crippen LogP contribution in [0, 0.1) is 6.92 Å². The zero-order chi connectivity index (χ0) is 15.1. The number of ether oxygens (including phenoxy) is 1. The lowest BCUT2D eigenvalue weighted by Crippen LogP contribution is -2.09. The van der Waals surface area contributed by atoms with Crippen LogP contribution in [0.2, 0.25) is 0 Å². The Morgan fingerprint density at radius 3 is 2.48 bits per heavy atom. The minimum absolute atomic E-state index is 0.401. The lowest BCUT2D eigenvalue weighted by Gasteiger charge is -2.11. The molecule has 2 N–H and O–H groups in total. The maximum absolute atomic E-state index is 5.12. The highest BCUT2D eigenvalue weighted by atomic mass is 16.5. The number of hydrogen-bond donors (Lipinski definition) is 2. The van der Waals surface area contributed by atoms with E-state index in [4.69, 9.17) is 4.74 Å². The van der Waals surface area contributed by atoms with Crippen LogP contribution in [0.4, 0.5) is 11.6 Å². The van der Waals surface area contributed by atoms with Crippen LogP contribution in [-0.4, -0.2) is 23.6 Å². The molecular weight excluding hydrogens is 264 g/mol. The van der Waals surface area contributed by atoms with Crippen LogP contribution < -0.4 is 10.6 Å². The van der Waals surface area contributed by atoms with Gasteiger partial charge in [0, 0.05) is 26.3 Å². The van der Waals surface area contributed by atoms with Gasteiger partial charge in [0.05, 0.1) is 0 Å². The molecular formula is C16H22N4O. The molecule has 0 amide bonds. The summed E-state index contributed by atoms with van der Waals surface area (Å²) in [5.74, 6) is 2.28. The summed E-state index contributed by atoms with van der Waals surface area (Å²) < 4.78 is 5.12. The number of aromatic nitrogens is 2. The summed E-state index contributed by atoms with van der Waals surface area (Å²) in [4.78, 5) is 8.86. The van der Waals surface area contributed by atoms with E-state index in [1.165, 1.54) is 11.1 Å². The van der Waals surface area contributed by atoms with E-state index < -0.39 is 0 Å². The highest BCUT2D eigenvalue weighted by Gasteiger charge is 2.05. The van der Waals surface area contributed by atoms with Crippen molar-refractivity contribution in [3.05, 3.63) is 47.3 Å². The number of methoxy groups -OCH3 is 1. The predicted octanol–water partition coefficient (Wildman–Crippen LogP) is 2.98. The third kappa shape index (κ3) is 4.43. The Morgan fingerprint density at radius 1 is 1.10 bits per heavy atom. The summed E-state index contributed by atoms with van der Waals surface area (Å²) in [6.45, 7) is 6.11. The Morgan fingerprint density at radius 2 is 1.81 bits per heavy atom. The van der Waals surface area contributed by atoms with Gasteiger partial charge in [-0.25, -0.2) is 9.97 Å². The van der Waals surface area contributed by atoms with Gasteiger partial charge in [-0.1, -0.05) is 24.3 Å². The normalized spacial score (nSPS) is 10.4. The van der Waals surface area contributed by atoms with Gasteiger partial charge in [0.15, 0.2) is 5.82 Å². The molecule has 0 aliphatic carbocycles. The minimum Gasteiger partial charge on any atom is -0.377 e. The largest absolute Gasteiger partial charge is 0.377 e. The Bertz CT molecular complexity index is 562. The Hall–Kier alpha value is -2.14. The number of nitrogens with zero attached hydrogens (tertiary/aromatic N) is 2. The summed E-state index contributed by atoms with van der Waals surface area (Å²) in [6, 6.07) is 10.2. The van der Waals surface area contributed by atoms with Crippen LogP contribution in [-0.2, 0) is 17.9 Å². The third-order valence-electron chi connectivity index (χ3n) is 3.12. The van der Waals surface area contributed by atoms with Gasteiger partial charge in [0.25, 0.3) is 0 Å². The first-order valence-electron chi connectivity index (χ1n) is 7.12. The molecule has 2 rings (SSSR count). The van der Waals surface area contributed by atoms with Crippen LogP contribution in [0.15, 0.2) is 30.3 Å². The van der Waals surface area contributed by atoms with Crippen molar-refractivity contribution >= 4 is 11.6 Å². The molecule has 0 aliphatic heterocycles. The second-order valence-corrected chi connectivity index (χ2v) is 4.80. The molecule has 0 bridgehead atoms. The molecule has 1 aromatic carbocycles. The molecule has 5 nitrogen and oxygen atoms in total. The standard InChI is InChI=1S/C16H22N4O/c1-4-17-14-9-15(20-16(19-14)11-21-3)18-10-13-8-6-5-7-12(13)2/h5-9H,4,10-11H2,1-3H3,(H2,17,18,19,20). The first-order chi connectivity index (χ1) is 10.2. The summed E-state index contributed by atoms with van der Waals surface area (Å²) in [5.41, 5.74) is 2.53. The second kappa shape index (κ2) is 7.59. The Kier molecular flexibility index (Phi) is 5.51. The highest BCUT2D eigenvalue weighted by Crippen LogP contribution is 2.14. The van der Waals surface area contributed by atoms with Crippen molar-refractivity contribution in [2.24, 2.45) is 0 Å². The van der Waals surface area contributed by atoms with Crippen molar-refractivity contribution in [2.45, 2.75) is 27.0 Å². The lowest BCUT2D eigenvalue weighted by molar-refractivity contribution is 0.178. The SMILES string of the molecule is CCNc1cc(NCc2ccccc2C)nc(COC)n1. The van der Waals surface area contributed by atoms with Gasteiger partial charge < -0.3 is 15.4 Å². The van der Waals surface area contributed by atoms with Crippen molar-refractivity contribution < 1.29 is 4.74 Å². The van der Waals surface area contributed by atoms with Crippen LogP contribution in [0.5, 0.6) is 0 Å². The van der Waals surface area contributed by atoms with Crippen LogP contribution in [0.1, 0.15) is 23.9 Å². The van der Waals surface area contributed by atoms with E-state index in [2.05, 4.69) is 39.7 Å². The summed E-state index contributed by atoms with van der Waals surface area (Å²) in [6.07, 6.45) is 0. The molecule has 0 spiro atoms. The summed E-state index contributed by atoms with van der Waals surface area (Å²) >= 11 is 0. The minimum atomic E-state index is 0.401. The quantitative estimate of drug-likeness (QED) is 0.819. The fraction of sp³-hybridized carbons (Fsp3) is 0.375. The number of rotatable bonds is 7. The molecule has 0 saturated heterocycles. The molecule has 1 heterocycles. The van der Waals surface area contributed by atoms with E-state index in [0.29, 0.717) is 12.4 Å². The van der Waals surface area contributed by atoms with Gasteiger partial charge in [0.1, 0.15) is 18.2 Å². The van der Waals surface area contributed by atoms with Gasteiger partial charge in [-0.3, -0.25) is 0 Å². The number of hydrogen-bond acceptors (Lipinski definition) is 5. The zero-order valence-electron chi connectivity index (χ0n) is 12.8. The monoisotopic (exact) mass is 286 g/mol. The zero-order valence-corrected chi connectivity index (χ0v) is 12.8. The van der Waals surface area contributed by atoms with Crippen LogP contribution in [0.3, 0.4) is 0 Å². The van der Waals surface area contributed by atoms with Gasteiger partial charge in [0.2, 0.25) is 0 Å². The molecule has 1 aromatic heterocycles. The molecule has 0 saturated carbocycles. The molecule has 0 unspecified atom stereocenters. The van der Waals surface area contributed by atoms with Crippen LogP contribution in [0.25, 0.3) is 0 Å². The van der Waals surface area contributed by atoms with Gasteiger partial charge in [-0.05, 0) is 25.0 Å². The summed E-state index contributed by atoms with van der Waals surface area (Å²) in [5, 5.41) is 6.56. The average Bonchev–Trinajstić information content (AvgIpc) is 2.47. The van der Waals surface area contributed by atoms with E-state index in [-0.39, 0.29) is 0 Å². The topological polar surface area (TPSA) is 59.1 Å². The molecule has 5 heteroatoms. The smallest absolute Gasteiger partial charge is 0.158 e. The van der Waals surface area contributed by atoms with Gasteiger partial charge >= 0.3 is 0 Å². The first-order valence-corrected chi connectivity index (χ1v) is 7.12. The first kappa shape index (κ1) is 15.3. The molecule has 0 fully saturated rings. The van der Waals surface area contributed by atoms with Crippen molar-refractivity contribution in [3.63, 3.8) is 0 Å². The number of aryl methyl sites for hydroxylation is 1. The molecule has 21 heavy (non-hydrogen) atoms. The Balaban J connectivity index is 2.13. The van der Waals surface area contributed by atoms with Crippen molar-refractivity contribution in [2.75, 3.05) is 24.3 Å². The van der Waals surface area contributed by atoms with Crippen molar-refractivity contribution in [1.29, 1.82) is 0 Å². The van der Waals surface area contributed by atoms with Gasteiger partial charge in [-0.2, -0.15) is 0 Å². The second-order valence-electron chi connectivity index (χ2n) is 4.80. The van der Waals surface area contributed by atoms with E-state index >= 15 is 0 Å². The lowest BCUT2D eigenvalue weighted by atomic mass is 10.1. The number of anilines is 2. The van der Waals surface area contributed by atoms with Gasteiger partial charge in [-0.15, -0.1) is 0 Å². The maximum Gasteiger partial charge on any atom is 0.158 e. The van der Waals surface area contributed by atoms with E-state index in [1.807, 2.05) is 25.1 Å². The molecule has 0 atom stereocenters. The maximum atomic E-state index is 5.12. The number of nitrogens with one attached hydrogen (secondary N) is 2. The van der Waals surface area contributed by atoms with E-state index in [9.17, 15) is 0 Å². The van der Waals surface area contributed by atoms with Crippen molar-refractivity contribution in [3.8, 4) is 0 Å². The highest BCUT2D eigenvalue weighted by molar-refractivity contribution is 5.48. The average molecular weight is 286 g/mol.